The molecule has 2 fully saturated rings. The normalized spacial score (nSPS) is 38.9. The molecule has 102 valence electrons. The molecule has 2 aliphatic carbocycles. The van der Waals surface area contributed by atoms with Crippen molar-refractivity contribution in [2.24, 2.45) is 29.1 Å². The van der Waals surface area contributed by atoms with E-state index >= 15 is 0 Å². The first-order valence-corrected chi connectivity index (χ1v) is 7.65. The standard InChI is InChI=1S/C18H30/c1-12(2)15-11-18(5,6)16-10-8-7-9-14(16)17(15)13(3)4/h14-17H,1,3,7-11H2,2,4-6H3. The summed E-state index contributed by atoms with van der Waals surface area (Å²) < 4.78 is 0. The highest BCUT2D eigenvalue weighted by molar-refractivity contribution is 5.16. The van der Waals surface area contributed by atoms with E-state index in [9.17, 15) is 0 Å². The third-order valence-electron chi connectivity index (χ3n) is 5.67. The molecule has 0 bridgehead atoms. The molecule has 0 nitrogen and oxygen atoms in total. The summed E-state index contributed by atoms with van der Waals surface area (Å²) in [5, 5.41) is 0. The second-order valence-electron chi connectivity index (χ2n) is 7.57. The van der Waals surface area contributed by atoms with Gasteiger partial charge in [0.1, 0.15) is 0 Å². The van der Waals surface area contributed by atoms with Crippen molar-refractivity contribution in [2.45, 2.75) is 59.8 Å². The van der Waals surface area contributed by atoms with Gasteiger partial charge in [-0.15, -0.1) is 0 Å². The largest absolute Gasteiger partial charge is 0.0998 e. The maximum Gasteiger partial charge on any atom is -0.0112 e. The van der Waals surface area contributed by atoms with Crippen LogP contribution in [-0.2, 0) is 0 Å². The van der Waals surface area contributed by atoms with Gasteiger partial charge in [0.2, 0.25) is 0 Å². The Morgan fingerprint density at radius 1 is 1.00 bits per heavy atom. The van der Waals surface area contributed by atoms with Crippen LogP contribution in [0.25, 0.3) is 0 Å². The second-order valence-corrected chi connectivity index (χ2v) is 7.57. The van der Waals surface area contributed by atoms with E-state index in [-0.39, 0.29) is 0 Å². The molecule has 0 heteroatoms. The molecule has 0 aromatic heterocycles. The molecule has 4 atom stereocenters. The molecule has 2 rings (SSSR count). The molecule has 0 aromatic carbocycles. The lowest BCUT2D eigenvalue weighted by atomic mass is 9.50. The van der Waals surface area contributed by atoms with Gasteiger partial charge in [-0.2, -0.15) is 0 Å². The third kappa shape index (κ3) is 2.31. The molecule has 0 radical (unpaired) electrons. The Morgan fingerprint density at radius 3 is 2.17 bits per heavy atom. The Kier molecular flexibility index (Phi) is 3.76. The van der Waals surface area contributed by atoms with Crippen molar-refractivity contribution < 1.29 is 0 Å². The molecule has 0 spiro atoms. The highest BCUT2D eigenvalue weighted by atomic mass is 14.5. The number of allylic oxidation sites excluding steroid dienone is 2. The summed E-state index contributed by atoms with van der Waals surface area (Å²) in [6, 6.07) is 0. The van der Waals surface area contributed by atoms with Crippen LogP contribution >= 0.6 is 0 Å². The molecule has 0 amide bonds. The van der Waals surface area contributed by atoms with Crippen molar-refractivity contribution in [3.8, 4) is 0 Å². The van der Waals surface area contributed by atoms with Crippen LogP contribution in [0, 0.1) is 29.1 Å². The zero-order chi connectivity index (χ0) is 13.5. The first-order valence-electron chi connectivity index (χ1n) is 7.65. The fourth-order valence-corrected chi connectivity index (χ4v) is 4.89. The van der Waals surface area contributed by atoms with Crippen LogP contribution in [0.15, 0.2) is 24.3 Å². The molecule has 0 aromatic rings. The number of fused-ring (bicyclic) bond motifs is 1. The van der Waals surface area contributed by atoms with Gasteiger partial charge in [0.05, 0.1) is 0 Å². The first kappa shape index (κ1) is 13.9. The number of rotatable bonds is 2. The summed E-state index contributed by atoms with van der Waals surface area (Å²) in [4.78, 5) is 0. The number of hydrogen-bond acceptors (Lipinski definition) is 0. The zero-order valence-corrected chi connectivity index (χ0v) is 12.8. The lowest BCUT2D eigenvalue weighted by Gasteiger charge is -2.54. The molecule has 0 heterocycles. The smallest absolute Gasteiger partial charge is 0.0112 e. The van der Waals surface area contributed by atoms with Crippen molar-refractivity contribution in [3.05, 3.63) is 24.3 Å². The average Bonchev–Trinajstić information content (AvgIpc) is 2.27. The minimum absolute atomic E-state index is 0.487. The van der Waals surface area contributed by atoms with Crippen molar-refractivity contribution in [3.63, 3.8) is 0 Å². The van der Waals surface area contributed by atoms with Crippen molar-refractivity contribution >= 4 is 0 Å². The Hall–Kier alpha value is -0.520. The van der Waals surface area contributed by atoms with Crippen LogP contribution in [0.1, 0.15) is 59.8 Å². The summed E-state index contributed by atoms with van der Waals surface area (Å²) in [7, 11) is 0. The van der Waals surface area contributed by atoms with Crippen LogP contribution in [-0.4, -0.2) is 0 Å². The monoisotopic (exact) mass is 246 g/mol. The van der Waals surface area contributed by atoms with E-state index < -0.39 is 0 Å². The predicted molar refractivity (Wildman–Crippen MR) is 80.5 cm³/mol. The fraction of sp³-hybridized carbons (Fsp3) is 0.778. The van der Waals surface area contributed by atoms with Crippen molar-refractivity contribution in [1.82, 2.24) is 0 Å². The SMILES string of the molecule is C=C(C)C1CC(C)(C)C2CCCCC2C1C(=C)C. The topological polar surface area (TPSA) is 0 Å². The molecular formula is C18H30. The Bertz CT molecular complexity index is 347. The molecule has 0 aliphatic heterocycles. The van der Waals surface area contributed by atoms with E-state index in [0.717, 1.165) is 11.8 Å². The maximum absolute atomic E-state index is 4.31. The summed E-state index contributed by atoms with van der Waals surface area (Å²) in [6.07, 6.45) is 7.01. The van der Waals surface area contributed by atoms with Crippen molar-refractivity contribution in [1.29, 1.82) is 0 Å². The maximum atomic E-state index is 4.31. The second kappa shape index (κ2) is 4.87. The average molecular weight is 246 g/mol. The van der Waals surface area contributed by atoms with Gasteiger partial charge in [-0.25, -0.2) is 0 Å². The van der Waals surface area contributed by atoms with E-state index in [1.807, 2.05) is 0 Å². The van der Waals surface area contributed by atoms with Crippen LogP contribution < -0.4 is 0 Å². The van der Waals surface area contributed by atoms with Gasteiger partial charge in [0.25, 0.3) is 0 Å². The molecule has 4 unspecified atom stereocenters. The van der Waals surface area contributed by atoms with E-state index in [1.165, 1.54) is 43.3 Å². The van der Waals surface area contributed by atoms with Crippen LogP contribution in [0.4, 0.5) is 0 Å². The van der Waals surface area contributed by atoms with E-state index in [0.29, 0.717) is 17.3 Å². The van der Waals surface area contributed by atoms with Gasteiger partial charge in [-0.05, 0) is 62.2 Å². The molecule has 18 heavy (non-hydrogen) atoms. The van der Waals surface area contributed by atoms with Crippen LogP contribution in [0.3, 0.4) is 0 Å². The molecule has 2 aliphatic rings. The van der Waals surface area contributed by atoms with Crippen LogP contribution in [0.5, 0.6) is 0 Å². The van der Waals surface area contributed by atoms with Gasteiger partial charge in [0, 0.05) is 0 Å². The van der Waals surface area contributed by atoms with E-state index in [4.69, 9.17) is 0 Å². The molecule has 2 saturated carbocycles. The predicted octanol–water partition coefficient (Wildman–Crippen LogP) is 5.61. The van der Waals surface area contributed by atoms with Crippen molar-refractivity contribution in [2.75, 3.05) is 0 Å². The lowest BCUT2D eigenvalue weighted by Crippen LogP contribution is -2.46. The number of hydrogen-bond donors (Lipinski definition) is 0. The minimum atomic E-state index is 0.487. The summed E-state index contributed by atoms with van der Waals surface area (Å²) in [5.74, 6) is 3.13. The van der Waals surface area contributed by atoms with E-state index in [2.05, 4.69) is 40.9 Å². The summed E-state index contributed by atoms with van der Waals surface area (Å²) in [6.45, 7) is 18.0. The van der Waals surface area contributed by atoms with Gasteiger partial charge in [-0.1, -0.05) is 51.0 Å². The molecule has 0 saturated heterocycles. The van der Waals surface area contributed by atoms with Gasteiger partial charge < -0.3 is 0 Å². The Balaban J connectivity index is 2.35. The first-order chi connectivity index (χ1) is 8.34. The lowest BCUT2D eigenvalue weighted by molar-refractivity contribution is -0.0160. The quantitative estimate of drug-likeness (QED) is 0.556. The highest BCUT2D eigenvalue weighted by Crippen LogP contribution is 2.57. The van der Waals surface area contributed by atoms with Gasteiger partial charge >= 0.3 is 0 Å². The highest BCUT2D eigenvalue weighted by Gasteiger charge is 2.49. The van der Waals surface area contributed by atoms with Gasteiger partial charge in [-0.3, -0.25) is 0 Å². The molecule has 0 N–H and O–H groups in total. The summed E-state index contributed by atoms with van der Waals surface area (Å²) >= 11 is 0. The van der Waals surface area contributed by atoms with E-state index in [1.54, 1.807) is 0 Å². The zero-order valence-electron chi connectivity index (χ0n) is 12.8. The Labute approximate surface area is 114 Å². The molecular weight excluding hydrogens is 216 g/mol. The van der Waals surface area contributed by atoms with Gasteiger partial charge in [0.15, 0.2) is 0 Å². The fourth-order valence-electron chi connectivity index (χ4n) is 4.89. The summed E-state index contributed by atoms with van der Waals surface area (Å²) in [5.41, 5.74) is 3.26. The third-order valence-corrected chi connectivity index (χ3v) is 5.67. The van der Waals surface area contributed by atoms with Crippen LogP contribution in [0.2, 0.25) is 0 Å². The Morgan fingerprint density at radius 2 is 1.61 bits per heavy atom. The minimum Gasteiger partial charge on any atom is -0.0998 e.